The van der Waals surface area contributed by atoms with Crippen LogP contribution in [-0.4, -0.2) is 30.3 Å². The van der Waals surface area contributed by atoms with Crippen molar-refractivity contribution < 1.29 is 9.47 Å². The molecule has 0 amide bonds. The lowest BCUT2D eigenvalue weighted by molar-refractivity contribution is 0.354. The van der Waals surface area contributed by atoms with E-state index in [-0.39, 0.29) is 0 Å². The van der Waals surface area contributed by atoms with Gasteiger partial charge in [-0.25, -0.2) is 4.98 Å². The maximum Gasteiger partial charge on any atom is 0.202 e. The first-order valence-corrected chi connectivity index (χ1v) is 6.74. The molecule has 1 heterocycles. The molecule has 5 nitrogen and oxygen atoms in total. The summed E-state index contributed by atoms with van der Waals surface area (Å²) < 4.78 is 12.6. The molecule has 2 rings (SSSR count). The minimum absolute atomic E-state index is 0.755. The number of nitrogens with zero attached hydrogens (tertiary/aromatic N) is 2. The molecule has 108 valence electrons. The topological polar surface area (TPSA) is 48.3 Å². The van der Waals surface area contributed by atoms with Crippen molar-refractivity contribution in [1.82, 2.24) is 9.55 Å². The maximum atomic E-state index is 5.30. The minimum atomic E-state index is 0.755. The second-order valence-corrected chi connectivity index (χ2v) is 4.40. The number of rotatable bonds is 7. The number of methoxy groups -OCH3 is 2. The van der Waals surface area contributed by atoms with E-state index in [9.17, 15) is 0 Å². The fourth-order valence-corrected chi connectivity index (χ4v) is 2.09. The van der Waals surface area contributed by atoms with E-state index < -0.39 is 0 Å². The molecule has 0 aliphatic carbocycles. The van der Waals surface area contributed by atoms with E-state index in [1.165, 1.54) is 5.56 Å². The van der Waals surface area contributed by atoms with Gasteiger partial charge in [-0.15, -0.1) is 0 Å². The molecule has 1 aromatic heterocycles. The summed E-state index contributed by atoms with van der Waals surface area (Å²) >= 11 is 0. The highest BCUT2D eigenvalue weighted by Crippen LogP contribution is 2.27. The van der Waals surface area contributed by atoms with Gasteiger partial charge in [-0.2, -0.15) is 0 Å². The molecule has 0 aliphatic rings. The van der Waals surface area contributed by atoms with Crippen LogP contribution in [0.25, 0.3) is 0 Å². The van der Waals surface area contributed by atoms with Crippen molar-refractivity contribution in [3.05, 3.63) is 36.2 Å². The lowest BCUT2D eigenvalue weighted by Gasteiger charge is -2.11. The quantitative estimate of drug-likeness (QED) is 0.843. The summed E-state index contributed by atoms with van der Waals surface area (Å²) in [6.45, 7) is 3.84. The number of hydrogen-bond donors (Lipinski definition) is 1. The second-order valence-electron chi connectivity index (χ2n) is 4.40. The van der Waals surface area contributed by atoms with Crippen molar-refractivity contribution in [1.29, 1.82) is 0 Å². The molecule has 0 saturated carbocycles. The van der Waals surface area contributed by atoms with Gasteiger partial charge >= 0.3 is 0 Å². The lowest BCUT2D eigenvalue weighted by atomic mass is 10.1. The summed E-state index contributed by atoms with van der Waals surface area (Å²) in [6, 6.07) is 5.99. The Bertz CT molecular complexity index is 552. The summed E-state index contributed by atoms with van der Waals surface area (Å²) in [5.41, 5.74) is 1.20. The fourth-order valence-electron chi connectivity index (χ4n) is 2.09. The van der Waals surface area contributed by atoms with E-state index in [1.54, 1.807) is 14.2 Å². The highest BCUT2D eigenvalue weighted by molar-refractivity contribution is 5.43. The third-order valence-electron chi connectivity index (χ3n) is 3.20. The zero-order valence-corrected chi connectivity index (χ0v) is 12.2. The van der Waals surface area contributed by atoms with E-state index in [4.69, 9.17) is 9.47 Å². The Labute approximate surface area is 119 Å². The Kier molecular flexibility index (Phi) is 4.87. The molecule has 0 fully saturated rings. The fraction of sp³-hybridized carbons (Fsp3) is 0.400. The largest absolute Gasteiger partial charge is 0.493 e. The van der Waals surface area contributed by atoms with Gasteiger partial charge in [0.25, 0.3) is 0 Å². The van der Waals surface area contributed by atoms with Crippen molar-refractivity contribution in [2.75, 3.05) is 26.1 Å². The zero-order valence-electron chi connectivity index (χ0n) is 12.2. The summed E-state index contributed by atoms with van der Waals surface area (Å²) in [5, 5.41) is 3.34. The van der Waals surface area contributed by atoms with Crippen LogP contribution < -0.4 is 14.8 Å². The van der Waals surface area contributed by atoms with E-state index in [1.807, 2.05) is 24.5 Å². The molecule has 0 bridgehead atoms. The van der Waals surface area contributed by atoms with Crippen molar-refractivity contribution in [2.24, 2.45) is 0 Å². The van der Waals surface area contributed by atoms with E-state index in [0.29, 0.717) is 0 Å². The van der Waals surface area contributed by atoms with Gasteiger partial charge < -0.3 is 19.4 Å². The molecule has 0 saturated heterocycles. The standard InChI is InChI=1S/C15H21N3O2/c1-4-18-10-9-17-15(18)16-8-7-12-5-6-13(19-2)14(11-12)20-3/h5-6,9-11H,4,7-8H2,1-3H3,(H,16,17). The Balaban J connectivity index is 1.94. The molecule has 5 heteroatoms. The average molecular weight is 275 g/mol. The van der Waals surface area contributed by atoms with Crippen molar-refractivity contribution in [3.8, 4) is 11.5 Å². The number of hydrogen-bond acceptors (Lipinski definition) is 4. The molecule has 0 spiro atoms. The van der Waals surface area contributed by atoms with Crippen LogP contribution in [0.4, 0.5) is 5.95 Å². The Morgan fingerprint density at radius 1 is 1.20 bits per heavy atom. The van der Waals surface area contributed by atoms with Gasteiger partial charge in [-0.3, -0.25) is 0 Å². The van der Waals surface area contributed by atoms with Gasteiger partial charge in [0.15, 0.2) is 11.5 Å². The van der Waals surface area contributed by atoms with Crippen LogP contribution in [0.5, 0.6) is 11.5 Å². The minimum Gasteiger partial charge on any atom is -0.493 e. The normalized spacial score (nSPS) is 10.3. The van der Waals surface area contributed by atoms with Gasteiger partial charge in [-0.1, -0.05) is 6.07 Å². The maximum absolute atomic E-state index is 5.30. The number of nitrogens with one attached hydrogen (secondary N) is 1. The number of aryl methyl sites for hydroxylation is 1. The van der Waals surface area contributed by atoms with E-state index >= 15 is 0 Å². The molecule has 1 aromatic carbocycles. The molecule has 0 radical (unpaired) electrons. The summed E-state index contributed by atoms with van der Waals surface area (Å²) in [5.74, 6) is 2.43. The lowest BCUT2D eigenvalue weighted by Crippen LogP contribution is -2.10. The van der Waals surface area contributed by atoms with Gasteiger partial charge in [0.2, 0.25) is 5.95 Å². The van der Waals surface area contributed by atoms with E-state index in [0.717, 1.165) is 37.0 Å². The first kappa shape index (κ1) is 14.2. The van der Waals surface area contributed by atoms with Crippen molar-refractivity contribution >= 4 is 5.95 Å². The van der Waals surface area contributed by atoms with E-state index in [2.05, 4.69) is 27.9 Å². The monoisotopic (exact) mass is 275 g/mol. The van der Waals surface area contributed by atoms with Crippen LogP contribution >= 0.6 is 0 Å². The summed E-state index contributed by atoms with van der Waals surface area (Å²) in [7, 11) is 3.29. The number of imidazole rings is 1. The third kappa shape index (κ3) is 3.23. The highest BCUT2D eigenvalue weighted by Gasteiger charge is 2.05. The van der Waals surface area contributed by atoms with Crippen LogP contribution in [0.15, 0.2) is 30.6 Å². The van der Waals surface area contributed by atoms with Crippen LogP contribution in [0.1, 0.15) is 12.5 Å². The van der Waals surface area contributed by atoms with Crippen LogP contribution in [0.2, 0.25) is 0 Å². The Morgan fingerprint density at radius 2 is 2.00 bits per heavy atom. The zero-order chi connectivity index (χ0) is 14.4. The molecule has 1 N–H and O–H groups in total. The first-order chi connectivity index (χ1) is 9.78. The highest BCUT2D eigenvalue weighted by atomic mass is 16.5. The van der Waals surface area contributed by atoms with Crippen LogP contribution in [0, 0.1) is 0 Å². The van der Waals surface area contributed by atoms with Crippen LogP contribution in [0.3, 0.4) is 0 Å². The summed E-state index contributed by atoms with van der Waals surface area (Å²) in [4.78, 5) is 4.29. The molecule has 2 aromatic rings. The average Bonchev–Trinajstić information content (AvgIpc) is 2.94. The second kappa shape index (κ2) is 6.84. The molecule has 0 atom stereocenters. The molecular formula is C15H21N3O2. The number of ether oxygens (including phenoxy) is 2. The SMILES string of the molecule is CCn1ccnc1NCCc1ccc(OC)c(OC)c1. The van der Waals surface area contributed by atoms with Gasteiger partial charge in [0.05, 0.1) is 14.2 Å². The third-order valence-corrected chi connectivity index (χ3v) is 3.20. The van der Waals surface area contributed by atoms with Crippen molar-refractivity contribution in [3.63, 3.8) is 0 Å². The first-order valence-electron chi connectivity index (χ1n) is 6.74. The Morgan fingerprint density at radius 3 is 2.70 bits per heavy atom. The molecule has 20 heavy (non-hydrogen) atoms. The number of benzene rings is 1. The predicted molar refractivity (Wildman–Crippen MR) is 79.6 cm³/mol. The smallest absolute Gasteiger partial charge is 0.202 e. The predicted octanol–water partition coefficient (Wildman–Crippen LogP) is 2.57. The Hall–Kier alpha value is -2.17. The summed E-state index contributed by atoms with van der Waals surface area (Å²) in [6.07, 6.45) is 4.68. The van der Waals surface area contributed by atoms with Crippen molar-refractivity contribution in [2.45, 2.75) is 19.9 Å². The molecule has 0 aliphatic heterocycles. The van der Waals surface area contributed by atoms with Crippen LogP contribution in [-0.2, 0) is 13.0 Å². The van der Waals surface area contributed by atoms with Gasteiger partial charge in [0.1, 0.15) is 0 Å². The van der Waals surface area contributed by atoms with Gasteiger partial charge in [-0.05, 0) is 31.0 Å². The number of aromatic nitrogens is 2. The van der Waals surface area contributed by atoms with Gasteiger partial charge in [0, 0.05) is 25.5 Å². The molecular weight excluding hydrogens is 254 g/mol. The molecule has 0 unspecified atom stereocenters. The number of anilines is 1.